The van der Waals surface area contributed by atoms with Crippen molar-refractivity contribution in [3.63, 3.8) is 0 Å². The van der Waals surface area contributed by atoms with Crippen molar-refractivity contribution in [3.05, 3.63) is 53.1 Å². The normalized spacial score (nSPS) is 20.9. The van der Waals surface area contributed by atoms with Gasteiger partial charge in [0.25, 0.3) is 5.91 Å². The molecule has 0 bridgehead atoms. The van der Waals surface area contributed by atoms with Gasteiger partial charge in [-0.25, -0.2) is 4.90 Å². The molecular formula is C21H22ClN3O3. The van der Waals surface area contributed by atoms with Crippen LogP contribution in [0.3, 0.4) is 0 Å². The van der Waals surface area contributed by atoms with E-state index < -0.39 is 6.04 Å². The first-order valence-corrected chi connectivity index (χ1v) is 9.73. The molecule has 146 valence electrons. The Hall–Kier alpha value is -2.57. The molecule has 2 amide bonds. The molecule has 7 heteroatoms. The lowest BCUT2D eigenvalue weighted by Crippen LogP contribution is -2.52. The van der Waals surface area contributed by atoms with E-state index >= 15 is 0 Å². The number of hydrogen-bond acceptors (Lipinski definition) is 5. The zero-order valence-electron chi connectivity index (χ0n) is 15.6. The van der Waals surface area contributed by atoms with Crippen LogP contribution in [0.1, 0.15) is 12.0 Å². The summed E-state index contributed by atoms with van der Waals surface area (Å²) < 4.78 is 0. The summed E-state index contributed by atoms with van der Waals surface area (Å²) >= 11 is 6.17. The molecular weight excluding hydrogens is 378 g/mol. The molecule has 2 aliphatic rings. The number of phenols is 1. The fourth-order valence-corrected chi connectivity index (χ4v) is 4.07. The molecule has 1 N–H and O–H groups in total. The number of hydrogen-bond donors (Lipinski definition) is 1. The van der Waals surface area contributed by atoms with Crippen LogP contribution < -0.4 is 9.80 Å². The smallest absolute Gasteiger partial charge is 0.251 e. The second-order valence-electron chi connectivity index (χ2n) is 7.23. The number of phenolic OH excluding ortho intramolecular Hbond substituents is 1. The zero-order chi connectivity index (χ0) is 19.8. The molecule has 28 heavy (non-hydrogen) atoms. The van der Waals surface area contributed by atoms with Crippen molar-refractivity contribution >= 4 is 34.8 Å². The number of piperazine rings is 1. The average Bonchev–Trinajstić information content (AvgIpc) is 2.99. The quantitative estimate of drug-likeness (QED) is 0.804. The number of halogens is 1. The van der Waals surface area contributed by atoms with Crippen LogP contribution in [-0.4, -0.2) is 54.0 Å². The van der Waals surface area contributed by atoms with Gasteiger partial charge in [0.05, 0.1) is 23.8 Å². The number of aryl methyl sites for hydroxylation is 1. The summed E-state index contributed by atoms with van der Waals surface area (Å²) in [5.41, 5.74) is 2.23. The van der Waals surface area contributed by atoms with Gasteiger partial charge in [0.1, 0.15) is 5.75 Å². The molecule has 1 atom stereocenters. The summed E-state index contributed by atoms with van der Waals surface area (Å²) in [5, 5.41) is 10.6. The number of amides is 2. The van der Waals surface area contributed by atoms with E-state index in [-0.39, 0.29) is 24.0 Å². The maximum absolute atomic E-state index is 13.0. The van der Waals surface area contributed by atoms with Crippen LogP contribution >= 0.6 is 11.6 Å². The van der Waals surface area contributed by atoms with Crippen molar-refractivity contribution in [1.82, 2.24) is 4.90 Å². The van der Waals surface area contributed by atoms with Gasteiger partial charge in [-0.2, -0.15) is 0 Å². The van der Waals surface area contributed by atoms with E-state index in [1.54, 1.807) is 24.3 Å². The third kappa shape index (κ3) is 3.34. The summed E-state index contributed by atoms with van der Waals surface area (Å²) in [5.74, 6) is -0.135. The van der Waals surface area contributed by atoms with Crippen LogP contribution in [-0.2, 0) is 9.59 Å². The highest BCUT2D eigenvalue weighted by molar-refractivity contribution is 6.32. The van der Waals surface area contributed by atoms with E-state index in [0.717, 1.165) is 11.3 Å². The monoisotopic (exact) mass is 399 g/mol. The summed E-state index contributed by atoms with van der Waals surface area (Å²) in [6.45, 7) is 4.56. The second-order valence-corrected chi connectivity index (χ2v) is 7.64. The molecule has 2 fully saturated rings. The number of benzene rings is 2. The number of anilines is 2. The minimum Gasteiger partial charge on any atom is -0.506 e. The molecule has 0 aromatic heterocycles. The summed E-state index contributed by atoms with van der Waals surface area (Å²) in [6, 6.07) is 12.1. The van der Waals surface area contributed by atoms with E-state index in [0.29, 0.717) is 36.9 Å². The van der Waals surface area contributed by atoms with Crippen LogP contribution in [0.25, 0.3) is 0 Å². The molecule has 2 aliphatic heterocycles. The highest BCUT2D eigenvalue weighted by Gasteiger charge is 2.43. The van der Waals surface area contributed by atoms with Gasteiger partial charge in [0.15, 0.2) is 0 Å². The molecule has 2 saturated heterocycles. The zero-order valence-corrected chi connectivity index (χ0v) is 16.4. The molecule has 0 aliphatic carbocycles. The Morgan fingerprint density at radius 1 is 1.04 bits per heavy atom. The van der Waals surface area contributed by atoms with Gasteiger partial charge in [0.2, 0.25) is 5.91 Å². The van der Waals surface area contributed by atoms with Crippen molar-refractivity contribution < 1.29 is 14.7 Å². The van der Waals surface area contributed by atoms with Gasteiger partial charge >= 0.3 is 0 Å². The molecule has 0 unspecified atom stereocenters. The standard InChI is InChI=1S/C21H22ClN3O3/c1-14-6-7-15(12-16(14)22)25-20(27)13-18(21(25)28)24-10-8-23(9-11-24)17-4-2-3-5-19(17)26/h2-7,12,18,26H,8-11,13H2,1H3/t18-/m1/s1. The van der Waals surface area contributed by atoms with Crippen LogP contribution in [0.15, 0.2) is 42.5 Å². The molecule has 2 aromatic carbocycles. The fourth-order valence-electron chi connectivity index (χ4n) is 3.90. The Morgan fingerprint density at radius 2 is 1.75 bits per heavy atom. The molecule has 2 aromatic rings. The van der Waals surface area contributed by atoms with Crippen molar-refractivity contribution in [2.45, 2.75) is 19.4 Å². The van der Waals surface area contributed by atoms with Gasteiger partial charge in [-0.3, -0.25) is 14.5 Å². The van der Waals surface area contributed by atoms with E-state index in [1.165, 1.54) is 4.90 Å². The first-order valence-electron chi connectivity index (χ1n) is 9.35. The number of imide groups is 1. The van der Waals surface area contributed by atoms with Gasteiger partial charge in [-0.15, -0.1) is 0 Å². The average molecular weight is 400 g/mol. The molecule has 2 heterocycles. The first-order chi connectivity index (χ1) is 13.5. The predicted molar refractivity (Wildman–Crippen MR) is 109 cm³/mol. The number of rotatable bonds is 3. The van der Waals surface area contributed by atoms with Gasteiger partial charge in [-0.05, 0) is 36.8 Å². The molecule has 6 nitrogen and oxygen atoms in total. The maximum atomic E-state index is 13.0. The molecule has 0 saturated carbocycles. The molecule has 0 spiro atoms. The van der Waals surface area contributed by atoms with Gasteiger partial charge in [-0.1, -0.05) is 29.8 Å². The third-order valence-electron chi connectivity index (χ3n) is 5.51. The van der Waals surface area contributed by atoms with Crippen molar-refractivity contribution in [2.75, 3.05) is 36.0 Å². The number of para-hydroxylation sites is 2. The maximum Gasteiger partial charge on any atom is 0.251 e. The van der Waals surface area contributed by atoms with Crippen LogP contribution in [0.5, 0.6) is 5.75 Å². The summed E-state index contributed by atoms with van der Waals surface area (Å²) in [7, 11) is 0. The third-order valence-corrected chi connectivity index (χ3v) is 5.92. The van der Waals surface area contributed by atoms with E-state index in [4.69, 9.17) is 11.6 Å². The Morgan fingerprint density at radius 3 is 2.43 bits per heavy atom. The van der Waals surface area contributed by atoms with Gasteiger partial charge < -0.3 is 10.0 Å². The topological polar surface area (TPSA) is 64.1 Å². The molecule has 0 radical (unpaired) electrons. The van der Waals surface area contributed by atoms with Crippen molar-refractivity contribution in [3.8, 4) is 5.75 Å². The number of carbonyl (C=O) groups excluding carboxylic acids is 2. The van der Waals surface area contributed by atoms with E-state index in [2.05, 4.69) is 9.80 Å². The lowest BCUT2D eigenvalue weighted by atomic mass is 10.1. The Labute approximate surface area is 168 Å². The van der Waals surface area contributed by atoms with Gasteiger partial charge in [0, 0.05) is 31.2 Å². The largest absolute Gasteiger partial charge is 0.506 e. The highest BCUT2D eigenvalue weighted by Crippen LogP contribution is 2.31. The summed E-state index contributed by atoms with van der Waals surface area (Å²) in [4.78, 5) is 31.0. The molecule has 4 rings (SSSR count). The van der Waals surface area contributed by atoms with E-state index in [1.807, 2.05) is 25.1 Å². The highest BCUT2D eigenvalue weighted by atomic mass is 35.5. The Balaban J connectivity index is 1.46. The van der Waals surface area contributed by atoms with Crippen LogP contribution in [0.4, 0.5) is 11.4 Å². The lowest BCUT2D eigenvalue weighted by molar-refractivity contribution is -0.123. The van der Waals surface area contributed by atoms with E-state index in [9.17, 15) is 14.7 Å². The minimum absolute atomic E-state index is 0.181. The second kappa shape index (κ2) is 7.45. The number of nitrogens with zero attached hydrogens (tertiary/aromatic N) is 3. The fraction of sp³-hybridized carbons (Fsp3) is 0.333. The Bertz CT molecular complexity index is 925. The summed E-state index contributed by atoms with van der Waals surface area (Å²) in [6.07, 6.45) is 0.181. The van der Waals surface area contributed by atoms with Crippen LogP contribution in [0, 0.1) is 6.92 Å². The van der Waals surface area contributed by atoms with Crippen molar-refractivity contribution in [1.29, 1.82) is 0 Å². The number of carbonyl (C=O) groups is 2. The predicted octanol–water partition coefficient (Wildman–Crippen LogP) is 2.81. The SMILES string of the molecule is Cc1ccc(N2C(=O)C[C@@H](N3CCN(c4ccccc4O)CC3)C2=O)cc1Cl. The Kier molecular flexibility index (Phi) is 5.00. The first kappa shape index (κ1) is 18.8. The number of aromatic hydroxyl groups is 1. The lowest BCUT2D eigenvalue weighted by Gasteiger charge is -2.38. The van der Waals surface area contributed by atoms with Crippen molar-refractivity contribution in [2.24, 2.45) is 0 Å². The van der Waals surface area contributed by atoms with Crippen LogP contribution in [0.2, 0.25) is 5.02 Å². The minimum atomic E-state index is -0.445.